The average Bonchev–Trinajstić information content (AvgIpc) is 2.87. The van der Waals surface area contributed by atoms with Crippen LogP contribution < -0.4 is 0 Å². The van der Waals surface area contributed by atoms with E-state index in [1.165, 1.54) is 12.3 Å². The number of alkyl halides is 3. The number of carbonyl (C=O) groups excluding carboxylic acids is 1. The number of rotatable bonds is 2. The van der Waals surface area contributed by atoms with E-state index >= 15 is 0 Å². The highest BCUT2D eigenvalue weighted by Gasteiger charge is 2.78. The van der Waals surface area contributed by atoms with Gasteiger partial charge in [0.1, 0.15) is 0 Å². The number of nitrogens with zero attached hydrogens (tertiary/aromatic N) is 2. The van der Waals surface area contributed by atoms with E-state index in [9.17, 15) is 18.0 Å². The Morgan fingerprint density at radius 2 is 1.95 bits per heavy atom. The molecule has 1 unspecified atom stereocenters. The minimum atomic E-state index is -4.52. The van der Waals surface area contributed by atoms with Gasteiger partial charge < -0.3 is 4.90 Å². The molecule has 2 heterocycles. The van der Waals surface area contributed by atoms with Crippen LogP contribution in [0, 0.1) is 5.41 Å². The van der Waals surface area contributed by atoms with Gasteiger partial charge in [-0.1, -0.05) is 18.9 Å². The van der Waals surface area contributed by atoms with E-state index in [1.54, 1.807) is 12.1 Å². The lowest BCUT2D eigenvalue weighted by molar-refractivity contribution is -0.321. The number of amides is 1. The Balaban J connectivity index is 2.20. The molecule has 1 aromatic rings. The summed E-state index contributed by atoms with van der Waals surface area (Å²) in [6.07, 6.45) is -0.320. The van der Waals surface area contributed by atoms with E-state index in [-0.39, 0.29) is 12.2 Å². The second-order valence-corrected chi connectivity index (χ2v) is 5.64. The molecule has 0 aromatic carbocycles. The van der Waals surface area contributed by atoms with Crippen molar-refractivity contribution in [1.29, 1.82) is 0 Å². The highest BCUT2D eigenvalue weighted by Crippen LogP contribution is 2.66. The molecule has 1 aromatic heterocycles. The molecular formula is C14H15F3N2O. The summed E-state index contributed by atoms with van der Waals surface area (Å²) in [6, 6.07) is 4.50. The Kier molecular flexibility index (Phi) is 2.81. The number of hydrogen-bond donors (Lipinski definition) is 0. The minimum absolute atomic E-state index is 0.0623. The fourth-order valence-corrected chi connectivity index (χ4v) is 4.06. The lowest BCUT2D eigenvalue weighted by Crippen LogP contribution is -2.76. The van der Waals surface area contributed by atoms with E-state index in [0.717, 1.165) is 17.7 Å². The van der Waals surface area contributed by atoms with Crippen LogP contribution in [-0.2, 0) is 10.3 Å². The molecule has 0 radical (unpaired) electrons. The van der Waals surface area contributed by atoms with Crippen LogP contribution in [0.2, 0.25) is 0 Å². The molecule has 20 heavy (non-hydrogen) atoms. The summed E-state index contributed by atoms with van der Waals surface area (Å²) in [5.74, 6) is 0. The van der Waals surface area contributed by atoms with Crippen LogP contribution >= 0.6 is 0 Å². The van der Waals surface area contributed by atoms with Crippen LogP contribution in [0.4, 0.5) is 13.2 Å². The standard InChI is InChI=1S/C14H15F3N2O/c15-14(16,17)13(11-5-1-4-8-18-11)12(6-2-3-7-12)9-19(13)10-20/h1,4-5,8,10H,2-3,6-7,9H2. The molecule has 0 bridgehead atoms. The topological polar surface area (TPSA) is 33.2 Å². The maximum absolute atomic E-state index is 13.9. The molecule has 1 saturated carbocycles. The van der Waals surface area contributed by atoms with Crippen molar-refractivity contribution in [1.82, 2.24) is 9.88 Å². The minimum Gasteiger partial charge on any atom is -0.324 e. The van der Waals surface area contributed by atoms with Crippen molar-refractivity contribution in [2.24, 2.45) is 5.41 Å². The van der Waals surface area contributed by atoms with E-state index in [1.807, 2.05) is 0 Å². The van der Waals surface area contributed by atoms with Crippen molar-refractivity contribution >= 4 is 6.41 Å². The van der Waals surface area contributed by atoms with E-state index in [2.05, 4.69) is 4.98 Å². The van der Waals surface area contributed by atoms with Crippen LogP contribution in [-0.4, -0.2) is 29.0 Å². The number of carbonyl (C=O) groups is 1. The Bertz CT molecular complexity index is 511. The van der Waals surface area contributed by atoms with Crippen molar-refractivity contribution in [3.8, 4) is 0 Å². The van der Waals surface area contributed by atoms with Gasteiger partial charge in [-0.15, -0.1) is 0 Å². The molecule has 1 aliphatic carbocycles. The van der Waals surface area contributed by atoms with Crippen LogP contribution in [0.25, 0.3) is 0 Å². The number of hydrogen-bond acceptors (Lipinski definition) is 2. The van der Waals surface area contributed by atoms with Gasteiger partial charge in [0.05, 0.1) is 5.69 Å². The van der Waals surface area contributed by atoms with Gasteiger partial charge in [-0.3, -0.25) is 9.78 Å². The summed E-state index contributed by atoms with van der Waals surface area (Å²) >= 11 is 0. The first kappa shape index (κ1) is 13.4. The Hall–Kier alpha value is -1.59. The van der Waals surface area contributed by atoms with Crippen molar-refractivity contribution in [2.45, 2.75) is 37.4 Å². The number of aromatic nitrogens is 1. The normalized spacial score (nSPS) is 28.4. The van der Waals surface area contributed by atoms with Gasteiger partial charge in [-0.05, 0) is 25.0 Å². The first-order chi connectivity index (χ1) is 9.48. The number of likely N-dealkylation sites (tertiary alicyclic amines) is 1. The summed E-state index contributed by atoms with van der Waals surface area (Å²) in [5, 5.41) is 0. The highest BCUT2D eigenvalue weighted by atomic mass is 19.4. The molecule has 1 saturated heterocycles. The van der Waals surface area contributed by atoms with Crippen LogP contribution in [0.1, 0.15) is 31.4 Å². The maximum atomic E-state index is 13.9. The zero-order valence-electron chi connectivity index (χ0n) is 10.9. The quantitative estimate of drug-likeness (QED) is 0.782. The van der Waals surface area contributed by atoms with Gasteiger partial charge in [-0.25, -0.2) is 0 Å². The van der Waals surface area contributed by atoms with Gasteiger partial charge in [0, 0.05) is 18.2 Å². The molecule has 3 nitrogen and oxygen atoms in total. The lowest BCUT2D eigenvalue weighted by atomic mass is 9.57. The fourth-order valence-electron chi connectivity index (χ4n) is 4.06. The number of pyridine rings is 1. The zero-order valence-corrected chi connectivity index (χ0v) is 10.9. The van der Waals surface area contributed by atoms with Crippen LogP contribution in [0.5, 0.6) is 0 Å². The summed E-state index contributed by atoms with van der Waals surface area (Å²) in [7, 11) is 0. The largest absolute Gasteiger partial charge is 0.418 e. The maximum Gasteiger partial charge on any atom is 0.418 e. The molecule has 1 aliphatic heterocycles. The van der Waals surface area contributed by atoms with Gasteiger partial charge in [0.15, 0.2) is 5.54 Å². The van der Waals surface area contributed by atoms with Gasteiger partial charge >= 0.3 is 6.18 Å². The second-order valence-electron chi connectivity index (χ2n) is 5.64. The smallest absolute Gasteiger partial charge is 0.324 e. The Labute approximate surface area is 114 Å². The summed E-state index contributed by atoms with van der Waals surface area (Å²) in [5.41, 5.74) is -3.22. The molecule has 3 rings (SSSR count). The Morgan fingerprint density at radius 1 is 1.25 bits per heavy atom. The SMILES string of the molecule is O=CN1CC2(CCCC2)C1(c1ccccn1)C(F)(F)F. The molecule has 1 amide bonds. The van der Waals surface area contributed by atoms with Crippen LogP contribution in [0.3, 0.4) is 0 Å². The summed E-state index contributed by atoms with van der Waals surface area (Å²) in [6.45, 7) is 0.173. The second kappa shape index (κ2) is 4.20. The fraction of sp³-hybridized carbons (Fsp3) is 0.571. The predicted molar refractivity (Wildman–Crippen MR) is 65.6 cm³/mol. The zero-order chi connectivity index (χ0) is 14.4. The Morgan fingerprint density at radius 3 is 2.45 bits per heavy atom. The molecule has 6 heteroatoms. The third-order valence-corrected chi connectivity index (χ3v) is 4.81. The molecular weight excluding hydrogens is 269 g/mol. The van der Waals surface area contributed by atoms with E-state index in [0.29, 0.717) is 19.3 Å². The van der Waals surface area contributed by atoms with Gasteiger partial charge in [0.25, 0.3) is 0 Å². The average molecular weight is 284 g/mol. The van der Waals surface area contributed by atoms with E-state index in [4.69, 9.17) is 0 Å². The molecule has 2 aliphatic rings. The van der Waals surface area contributed by atoms with Crippen molar-refractivity contribution in [3.05, 3.63) is 30.1 Å². The van der Waals surface area contributed by atoms with Crippen molar-refractivity contribution in [3.63, 3.8) is 0 Å². The molecule has 1 atom stereocenters. The third kappa shape index (κ3) is 1.42. The molecule has 108 valence electrons. The van der Waals surface area contributed by atoms with Gasteiger partial charge in [-0.2, -0.15) is 13.2 Å². The highest BCUT2D eigenvalue weighted by molar-refractivity contribution is 5.55. The summed E-state index contributed by atoms with van der Waals surface area (Å²) < 4.78 is 41.8. The molecule has 2 fully saturated rings. The molecule has 0 N–H and O–H groups in total. The van der Waals surface area contributed by atoms with Gasteiger partial charge in [0.2, 0.25) is 6.41 Å². The van der Waals surface area contributed by atoms with Crippen molar-refractivity contribution in [2.75, 3.05) is 6.54 Å². The number of halogens is 3. The van der Waals surface area contributed by atoms with E-state index < -0.39 is 17.1 Å². The summed E-state index contributed by atoms with van der Waals surface area (Å²) in [4.78, 5) is 16.0. The lowest BCUT2D eigenvalue weighted by Gasteiger charge is -2.63. The monoisotopic (exact) mass is 284 g/mol. The molecule has 1 spiro atoms. The third-order valence-electron chi connectivity index (χ3n) is 4.81. The van der Waals surface area contributed by atoms with Crippen LogP contribution in [0.15, 0.2) is 24.4 Å². The van der Waals surface area contributed by atoms with Crippen molar-refractivity contribution < 1.29 is 18.0 Å². The first-order valence-electron chi connectivity index (χ1n) is 6.68. The first-order valence-corrected chi connectivity index (χ1v) is 6.68. The predicted octanol–water partition coefficient (Wildman–Crippen LogP) is 2.87.